The molecule has 2 heterocycles. The zero-order valence-corrected chi connectivity index (χ0v) is 13.8. The molecule has 2 aromatic rings. The topological polar surface area (TPSA) is 36.1 Å². The first-order chi connectivity index (χ1) is 9.70. The zero-order valence-electron chi connectivity index (χ0n) is 11.6. The van der Waals surface area contributed by atoms with Crippen LogP contribution in [-0.4, -0.2) is 26.3 Å². The molecule has 0 spiro atoms. The minimum Gasteiger partial charge on any atom is -0.361 e. The van der Waals surface area contributed by atoms with Gasteiger partial charge in [-0.2, -0.15) is 0 Å². The molecule has 2 atom stereocenters. The number of halogens is 1. The number of likely N-dealkylation sites (tertiary alicyclic amines) is 1. The Morgan fingerprint density at radius 2 is 2.25 bits per heavy atom. The smallest absolute Gasteiger partial charge is 0.236 e. The number of rotatable bonds is 4. The summed E-state index contributed by atoms with van der Waals surface area (Å²) in [6.07, 6.45) is 4.25. The van der Waals surface area contributed by atoms with Crippen molar-refractivity contribution in [2.75, 3.05) is 6.54 Å². The number of fused-ring (bicyclic) bond motifs is 1. The predicted octanol–water partition coefficient (Wildman–Crippen LogP) is 3.73. The van der Waals surface area contributed by atoms with Gasteiger partial charge in [-0.25, -0.2) is 0 Å². The van der Waals surface area contributed by atoms with E-state index >= 15 is 0 Å². The zero-order chi connectivity index (χ0) is 14.1. The highest BCUT2D eigenvalue weighted by atomic mass is 127. The molecule has 0 radical (unpaired) electrons. The van der Waals surface area contributed by atoms with E-state index in [0.717, 1.165) is 31.4 Å². The van der Waals surface area contributed by atoms with Crippen LogP contribution in [0.4, 0.5) is 0 Å². The van der Waals surface area contributed by atoms with E-state index in [1.54, 1.807) is 0 Å². The normalized spacial score (nSPS) is 22.9. The maximum absolute atomic E-state index is 12.4. The highest BCUT2D eigenvalue weighted by molar-refractivity contribution is 14.1. The minimum atomic E-state index is 0.151. The number of H-pyrrole nitrogens is 1. The second-order valence-corrected chi connectivity index (χ2v) is 6.87. The summed E-state index contributed by atoms with van der Waals surface area (Å²) in [5, 5.41) is 1.23. The molecule has 1 saturated heterocycles. The molecule has 0 saturated carbocycles. The van der Waals surface area contributed by atoms with Gasteiger partial charge in [-0.3, -0.25) is 4.79 Å². The molecule has 0 bridgehead atoms. The van der Waals surface area contributed by atoms with Crippen molar-refractivity contribution in [2.45, 2.75) is 30.2 Å². The van der Waals surface area contributed by atoms with Crippen molar-refractivity contribution in [1.82, 2.24) is 9.88 Å². The number of nitrogens with zero attached hydrogens (tertiary/aromatic N) is 1. The van der Waals surface area contributed by atoms with Gasteiger partial charge in [-0.1, -0.05) is 48.1 Å². The van der Waals surface area contributed by atoms with Crippen molar-refractivity contribution in [3.63, 3.8) is 0 Å². The van der Waals surface area contributed by atoms with E-state index in [1.807, 2.05) is 11.1 Å². The molecular formula is C16H19IN2O. The molecular weight excluding hydrogens is 363 g/mol. The molecule has 4 heteroatoms. The van der Waals surface area contributed by atoms with Crippen LogP contribution in [0.2, 0.25) is 0 Å². The van der Waals surface area contributed by atoms with Crippen LogP contribution in [0.15, 0.2) is 30.5 Å². The van der Waals surface area contributed by atoms with E-state index in [-0.39, 0.29) is 3.92 Å². The highest BCUT2D eigenvalue weighted by Crippen LogP contribution is 2.31. The number of benzene rings is 1. The third-order valence-corrected chi connectivity index (χ3v) is 5.67. The predicted molar refractivity (Wildman–Crippen MR) is 89.9 cm³/mol. The molecule has 1 amide bonds. The third-order valence-electron chi connectivity index (χ3n) is 4.12. The van der Waals surface area contributed by atoms with Gasteiger partial charge in [0.1, 0.15) is 0 Å². The fraction of sp³-hybridized carbons (Fsp3) is 0.438. The first kappa shape index (κ1) is 13.9. The van der Waals surface area contributed by atoms with E-state index < -0.39 is 0 Å². The number of hydrogen-bond donors (Lipinski definition) is 1. The van der Waals surface area contributed by atoms with Crippen molar-refractivity contribution in [3.8, 4) is 0 Å². The Balaban J connectivity index is 1.81. The minimum absolute atomic E-state index is 0.151. The van der Waals surface area contributed by atoms with Crippen LogP contribution in [-0.2, 0) is 11.3 Å². The number of carbonyl (C=O) groups is 1. The highest BCUT2D eigenvalue weighted by Gasteiger charge is 2.37. The van der Waals surface area contributed by atoms with Crippen molar-refractivity contribution >= 4 is 39.4 Å². The number of nitrogens with one attached hydrogen (secondary N) is 1. The van der Waals surface area contributed by atoms with Gasteiger partial charge >= 0.3 is 0 Å². The van der Waals surface area contributed by atoms with E-state index in [1.165, 1.54) is 10.9 Å². The molecule has 0 aliphatic carbocycles. The number of aromatic nitrogens is 1. The SMILES string of the molecule is CCCC1CN(Cc2cccc3[nH]ccc23)C(=O)C1I. The van der Waals surface area contributed by atoms with Gasteiger partial charge in [-0.15, -0.1) is 0 Å². The Morgan fingerprint density at radius 1 is 1.40 bits per heavy atom. The Kier molecular flexibility index (Phi) is 4.01. The molecule has 1 N–H and O–H groups in total. The van der Waals surface area contributed by atoms with Gasteiger partial charge in [-0.05, 0) is 30.0 Å². The lowest BCUT2D eigenvalue weighted by Gasteiger charge is -2.17. The summed E-state index contributed by atoms with van der Waals surface area (Å²) in [7, 11) is 0. The van der Waals surface area contributed by atoms with Crippen LogP contribution in [0.1, 0.15) is 25.3 Å². The van der Waals surface area contributed by atoms with Crippen molar-refractivity contribution in [2.24, 2.45) is 5.92 Å². The number of hydrogen-bond acceptors (Lipinski definition) is 1. The number of carbonyl (C=O) groups excluding carboxylic acids is 1. The van der Waals surface area contributed by atoms with Crippen LogP contribution >= 0.6 is 22.6 Å². The van der Waals surface area contributed by atoms with E-state index in [4.69, 9.17) is 0 Å². The van der Waals surface area contributed by atoms with Gasteiger partial charge in [0.15, 0.2) is 0 Å². The fourth-order valence-corrected chi connectivity index (χ4v) is 4.07. The molecule has 3 rings (SSSR count). The molecule has 3 nitrogen and oxygen atoms in total. The van der Waals surface area contributed by atoms with Gasteiger partial charge in [0.2, 0.25) is 5.91 Å². The molecule has 1 aliphatic rings. The summed E-state index contributed by atoms with van der Waals surface area (Å²) in [5.74, 6) is 0.815. The summed E-state index contributed by atoms with van der Waals surface area (Å²) >= 11 is 2.32. The second-order valence-electron chi connectivity index (χ2n) is 5.53. The van der Waals surface area contributed by atoms with E-state index in [0.29, 0.717) is 11.8 Å². The van der Waals surface area contributed by atoms with Crippen LogP contribution in [0.5, 0.6) is 0 Å². The number of amides is 1. The van der Waals surface area contributed by atoms with Gasteiger partial charge in [0, 0.05) is 30.2 Å². The number of aromatic amines is 1. The van der Waals surface area contributed by atoms with Crippen LogP contribution < -0.4 is 0 Å². The molecule has 1 aromatic heterocycles. The van der Waals surface area contributed by atoms with Gasteiger partial charge in [0.05, 0.1) is 3.92 Å². The van der Waals surface area contributed by atoms with Crippen LogP contribution in [0.3, 0.4) is 0 Å². The summed E-state index contributed by atoms with van der Waals surface area (Å²) in [6, 6.07) is 8.35. The quantitative estimate of drug-likeness (QED) is 0.635. The van der Waals surface area contributed by atoms with E-state index in [9.17, 15) is 4.79 Å². The monoisotopic (exact) mass is 382 g/mol. The largest absolute Gasteiger partial charge is 0.361 e. The molecule has 2 unspecified atom stereocenters. The van der Waals surface area contributed by atoms with Crippen LogP contribution in [0, 0.1) is 5.92 Å². The van der Waals surface area contributed by atoms with Gasteiger partial charge in [0.25, 0.3) is 0 Å². The summed E-state index contributed by atoms with van der Waals surface area (Å²) in [5.41, 5.74) is 2.38. The summed E-state index contributed by atoms with van der Waals surface area (Å²) in [6.45, 7) is 3.83. The Hall–Kier alpha value is -1.04. The van der Waals surface area contributed by atoms with E-state index in [2.05, 4.69) is 58.8 Å². The first-order valence-corrected chi connectivity index (χ1v) is 8.43. The Morgan fingerprint density at radius 3 is 3.05 bits per heavy atom. The second kappa shape index (κ2) is 5.76. The average molecular weight is 382 g/mol. The lowest BCUT2D eigenvalue weighted by molar-refractivity contribution is -0.127. The lowest BCUT2D eigenvalue weighted by Crippen LogP contribution is -2.26. The molecule has 1 aliphatic heterocycles. The Bertz CT molecular complexity index is 622. The van der Waals surface area contributed by atoms with Crippen molar-refractivity contribution < 1.29 is 4.79 Å². The average Bonchev–Trinajstić information content (AvgIpc) is 3.02. The lowest BCUT2D eigenvalue weighted by atomic mass is 10.0. The standard InChI is InChI=1S/C16H19IN2O/c1-2-4-12-10-19(16(20)15(12)17)9-11-5-3-6-14-13(11)7-8-18-14/h3,5-8,12,15,18H,2,4,9-10H2,1H3. The first-order valence-electron chi connectivity index (χ1n) is 7.18. The maximum atomic E-state index is 12.4. The third kappa shape index (κ3) is 2.45. The Labute approximate surface area is 132 Å². The molecule has 1 fully saturated rings. The maximum Gasteiger partial charge on any atom is 0.236 e. The molecule has 106 valence electrons. The van der Waals surface area contributed by atoms with Crippen molar-refractivity contribution in [1.29, 1.82) is 0 Å². The van der Waals surface area contributed by atoms with Crippen molar-refractivity contribution in [3.05, 3.63) is 36.0 Å². The molecule has 1 aromatic carbocycles. The number of alkyl halides is 1. The summed E-state index contributed by atoms with van der Waals surface area (Å²) in [4.78, 5) is 17.6. The van der Waals surface area contributed by atoms with Crippen LogP contribution in [0.25, 0.3) is 10.9 Å². The van der Waals surface area contributed by atoms with Gasteiger partial charge < -0.3 is 9.88 Å². The fourth-order valence-electron chi connectivity index (χ4n) is 3.09. The molecule has 20 heavy (non-hydrogen) atoms. The summed E-state index contributed by atoms with van der Waals surface area (Å²) < 4.78 is 0.151.